The largest absolute Gasteiger partial charge is 0.480 e. The van der Waals surface area contributed by atoms with E-state index in [0.29, 0.717) is 19.5 Å². The molecule has 0 bridgehead atoms. The van der Waals surface area contributed by atoms with Crippen LogP contribution in [0.2, 0.25) is 0 Å². The van der Waals surface area contributed by atoms with Crippen LogP contribution >= 0.6 is 0 Å². The molecule has 2 N–H and O–H groups in total. The number of nitrogens with one attached hydrogen (secondary N) is 1. The quantitative estimate of drug-likeness (QED) is 0.668. The van der Waals surface area contributed by atoms with Gasteiger partial charge in [0.15, 0.2) is 0 Å². The van der Waals surface area contributed by atoms with E-state index in [1.165, 1.54) is 4.90 Å². The summed E-state index contributed by atoms with van der Waals surface area (Å²) in [6, 6.07) is -0.612. The maximum absolute atomic E-state index is 12.0. The number of carboxylic acids is 1. The van der Waals surface area contributed by atoms with Crippen molar-refractivity contribution in [1.82, 2.24) is 15.1 Å². The van der Waals surface area contributed by atoms with E-state index in [9.17, 15) is 14.4 Å². The van der Waals surface area contributed by atoms with Gasteiger partial charge in [0.25, 0.3) is 0 Å². The molecule has 3 amide bonds. The Morgan fingerprint density at radius 2 is 1.71 bits per heavy atom. The first-order valence-corrected chi connectivity index (χ1v) is 7.41. The summed E-state index contributed by atoms with van der Waals surface area (Å²) in [4.78, 5) is 37.5. The molecule has 0 rings (SSSR count). The molecule has 0 radical (unpaired) electrons. The lowest BCUT2D eigenvalue weighted by molar-refractivity contribution is -0.138. The van der Waals surface area contributed by atoms with Gasteiger partial charge in [-0.05, 0) is 27.2 Å². The minimum atomic E-state index is -1.05. The van der Waals surface area contributed by atoms with E-state index in [1.807, 2.05) is 20.8 Å². The van der Waals surface area contributed by atoms with Crippen LogP contribution in [0.25, 0.3) is 0 Å². The monoisotopic (exact) mass is 301 g/mol. The SMILES string of the molecule is CCC(C)N(CC(=O)O)C(=O)NCCC(=O)N(CC)CC. The third-order valence-corrected chi connectivity index (χ3v) is 3.42. The standard InChI is InChI=1S/C14H27N3O4/c1-5-11(4)17(10-13(19)20)14(21)15-9-8-12(18)16(6-2)7-3/h11H,5-10H2,1-4H3,(H,15,21)(H,19,20). The summed E-state index contributed by atoms with van der Waals surface area (Å²) < 4.78 is 0. The molecule has 0 spiro atoms. The summed E-state index contributed by atoms with van der Waals surface area (Å²) in [5.74, 6) is -1.07. The normalized spacial score (nSPS) is 11.6. The molecule has 7 heteroatoms. The third kappa shape index (κ3) is 6.97. The smallest absolute Gasteiger partial charge is 0.323 e. The van der Waals surface area contributed by atoms with Crippen molar-refractivity contribution in [3.05, 3.63) is 0 Å². The average Bonchev–Trinajstić information content (AvgIpc) is 2.44. The first kappa shape index (κ1) is 19.2. The molecular formula is C14H27N3O4. The van der Waals surface area contributed by atoms with Crippen LogP contribution in [-0.4, -0.2) is 65.0 Å². The molecule has 0 heterocycles. The summed E-state index contributed by atoms with van der Waals surface area (Å²) in [6.07, 6.45) is 0.883. The summed E-state index contributed by atoms with van der Waals surface area (Å²) in [5, 5.41) is 11.5. The number of urea groups is 1. The van der Waals surface area contributed by atoms with E-state index in [4.69, 9.17) is 5.11 Å². The Morgan fingerprint density at radius 3 is 2.14 bits per heavy atom. The summed E-state index contributed by atoms with van der Waals surface area (Å²) in [6.45, 7) is 8.63. The average molecular weight is 301 g/mol. The second kappa shape index (κ2) is 10.0. The van der Waals surface area contributed by atoms with Gasteiger partial charge in [-0.2, -0.15) is 0 Å². The van der Waals surface area contributed by atoms with Crippen LogP contribution in [-0.2, 0) is 9.59 Å². The van der Waals surface area contributed by atoms with Crippen molar-refractivity contribution in [3.8, 4) is 0 Å². The van der Waals surface area contributed by atoms with Crippen LogP contribution < -0.4 is 5.32 Å². The van der Waals surface area contributed by atoms with Crippen LogP contribution in [0.3, 0.4) is 0 Å². The molecule has 1 unspecified atom stereocenters. The van der Waals surface area contributed by atoms with Crippen LogP contribution in [0.1, 0.15) is 40.5 Å². The van der Waals surface area contributed by atoms with Gasteiger partial charge in [-0.15, -0.1) is 0 Å². The molecule has 0 aromatic rings. The van der Waals surface area contributed by atoms with E-state index < -0.39 is 12.0 Å². The highest BCUT2D eigenvalue weighted by Gasteiger charge is 2.21. The number of nitrogens with zero attached hydrogens (tertiary/aromatic N) is 2. The van der Waals surface area contributed by atoms with Crippen molar-refractivity contribution in [3.63, 3.8) is 0 Å². The van der Waals surface area contributed by atoms with E-state index in [0.717, 1.165) is 0 Å². The van der Waals surface area contributed by atoms with Gasteiger partial charge in [-0.3, -0.25) is 9.59 Å². The Balaban J connectivity index is 4.37. The van der Waals surface area contributed by atoms with Gasteiger partial charge >= 0.3 is 12.0 Å². The minimum absolute atomic E-state index is 0.0198. The topological polar surface area (TPSA) is 90.0 Å². The van der Waals surface area contributed by atoms with E-state index >= 15 is 0 Å². The first-order chi connectivity index (χ1) is 9.87. The number of carbonyl (C=O) groups excluding carboxylic acids is 2. The molecule has 0 aliphatic heterocycles. The van der Waals surface area contributed by atoms with Crippen LogP contribution in [0.5, 0.6) is 0 Å². The molecule has 0 aromatic carbocycles. The van der Waals surface area contributed by atoms with Crippen LogP contribution in [0, 0.1) is 0 Å². The van der Waals surface area contributed by atoms with Gasteiger partial charge in [0.2, 0.25) is 5.91 Å². The van der Waals surface area contributed by atoms with Crippen molar-refractivity contribution in [1.29, 1.82) is 0 Å². The molecule has 0 saturated heterocycles. The molecule has 0 aliphatic rings. The summed E-state index contributed by atoms with van der Waals surface area (Å²) in [5.41, 5.74) is 0. The summed E-state index contributed by atoms with van der Waals surface area (Å²) >= 11 is 0. The second-order valence-corrected chi connectivity index (χ2v) is 4.83. The second-order valence-electron chi connectivity index (χ2n) is 4.83. The molecule has 7 nitrogen and oxygen atoms in total. The van der Waals surface area contributed by atoms with Gasteiger partial charge in [0.05, 0.1) is 0 Å². The number of amides is 3. The van der Waals surface area contributed by atoms with Gasteiger partial charge in [-0.25, -0.2) is 4.79 Å². The third-order valence-electron chi connectivity index (χ3n) is 3.42. The lowest BCUT2D eigenvalue weighted by Gasteiger charge is -2.27. The Bertz CT molecular complexity index is 356. The van der Waals surface area contributed by atoms with Crippen LogP contribution in [0.4, 0.5) is 4.79 Å². The van der Waals surface area contributed by atoms with Gasteiger partial charge in [-0.1, -0.05) is 6.92 Å². The lowest BCUT2D eigenvalue weighted by atomic mass is 10.2. The van der Waals surface area contributed by atoms with Crippen molar-refractivity contribution in [2.45, 2.75) is 46.6 Å². The van der Waals surface area contributed by atoms with E-state index in [-0.39, 0.29) is 31.5 Å². The number of aliphatic carboxylic acids is 1. The Morgan fingerprint density at radius 1 is 1.14 bits per heavy atom. The minimum Gasteiger partial charge on any atom is -0.480 e. The molecule has 122 valence electrons. The van der Waals surface area contributed by atoms with Crippen LogP contribution in [0.15, 0.2) is 0 Å². The number of hydrogen-bond donors (Lipinski definition) is 2. The molecule has 21 heavy (non-hydrogen) atoms. The predicted molar refractivity (Wildman–Crippen MR) is 80.0 cm³/mol. The highest BCUT2D eigenvalue weighted by molar-refractivity contribution is 5.81. The molecule has 1 atom stereocenters. The highest BCUT2D eigenvalue weighted by atomic mass is 16.4. The Hall–Kier alpha value is -1.79. The molecule has 0 fully saturated rings. The Labute approximate surface area is 126 Å². The fraction of sp³-hybridized carbons (Fsp3) is 0.786. The van der Waals surface area contributed by atoms with Crippen molar-refractivity contribution < 1.29 is 19.5 Å². The number of hydrogen-bond acceptors (Lipinski definition) is 3. The number of carboxylic acid groups (broad SMARTS) is 1. The fourth-order valence-electron chi connectivity index (χ4n) is 1.91. The molecular weight excluding hydrogens is 274 g/mol. The number of carbonyl (C=O) groups is 3. The highest BCUT2D eigenvalue weighted by Crippen LogP contribution is 2.04. The lowest BCUT2D eigenvalue weighted by Crippen LogP contribution is -2.48. The first-order valence-electron chi connectivity index (χ1n) is 7.41. The summed E-state index contributed by atoms with van der Waals surface area (Å²) in [7, 11) is 0. The van der Waals surface area contributed by atoms with Gasteiger partial charge < -0.3 is 20.2 Å². The number of rotatable bonds is 9. The molecule has 0 aliphatic carbocycles. The molecule has 0 saturated carbocycles. The zero-order valence-electron chi connectivity index (χ0n) is 13.4. The molecule has 0 aromatic heterocycles. The van der Waals surface area contributed by atoms with Gasteiger partial charge in [0, 0.05) is 32.1 Å². The van der Waals surface area contributed by atoms with Crippen molar-refractivity contribution in [2.75, 3.05) is 26.2 Å². The van der Waals surface area contributed by atoms with E-state index in [2.05, 4.69) is 5.32 Å². The maximum Gasteiger partial charge on any atom is 0.323 e. The van der Waals surface area contributed by atoms with Crippen molar-refractivity contribution >= 4 is 17.9 Å². The zero-order valence-corrected chi connectivity index (χ0v) is 13.4. The zero-order chi connectivity index (χ0) is 16.4. The van der Waals surface area contributed by atoms with Crippen molar-refractivity contribution in [2.24, 2.45) is 0 Å². The maximum atomic E-state index is 12.0. The van der Waals surface area contributed by atoms with E-state index in [1.54, 1.807) is 11.8 Å². The fourth-order valence-corrected chi connectivity index (χ4v) is 1.91. The van der Waals surface area contributed by atoms with Gasteiger partial charge in [0.1, 0.15) is 6.54 Å². The Kier molecular flexibility index (Phi) is 9.16. The predicted octanol–water partition coefficient (Wildman–Crippen LogP) is 1.14.